The number of ether oxygens (including phenoxy) is 1. The first kappa shape index (κ1) is 30.9. The average molecular weight is 623 g/mol. The summed E-state index contributed by atoms with van der Waals surface area (Å²) in [6, 6.07) is 15.3. The van der Waals surface area contributed by atoms with Gasteiger partial charge in [-0.2, -0.15) is 0 Å². The van der Waals surface area contributed by atoms with Crippen LogP contribution in [0.15, 0.2) is 54.6 Å². The summed E-state index contributed by atoms with van der Waals surface area (Å²) in [7, 11) is -5.20. The molecule has 5 rings (SSSR count). The molecule has 0 aromatic heterocycles. The average Bonchev–Trinajstić information content (AvgIpc) is 3.77. The molecule has 2 unspecified atom stereocenters. The number of carbonyl (C=O) groups excluding carboxylic acids is 1. The monoisotopic (exact) mass is 622 g/mol. The fourth-order valence-electron chi connectivity index (χ4n) is 5.82. The zero-order valence-electron chi connectivity index (χ0n) is 23.2. The fourth-order valence-corrected chi connectivity index (χ4v) is 7.95. The smallest absolute Gasteiger partial charge is 0.253 e. The number of halogens is 5. The minimum absolute atomic E-state index is 0.101. The number of primary amides is 1. The Morgan fingerprint density at radius 1 is 0.884 bits per heavy atom. The second kappa shape index (κ2) is 12.2. The first-order valence-corrected chi connectivity index (χ1v) is 15.4. The standard InChI is InChI=1S/C31H31F5N2O4S/c32-16-23-25(33)27(35)29(28(36)26(23)34)38(17-19-11-13-22(14-12-19)21-9-5-2-6-10-21)43(40,41)31(30(37)39)15-24(31)42-18-20-7-3-1-4-8-20/h1,3-4,7-8,11-14,21,24H,2,5-6,9-10,15-18H2,(H2,37,39). The maximum atomic E-state index is 15.4. The van der Waals surface area contributed by atoms with Gasteiger partial charge in [-0.15, -0.1) is 0 Å². The molecule has 6 nitrogen and oxygen atoms in total. The highest BCUT2D eigenvalue weighted by molar-refractivity contribution is 7.95. The highest BCUT2D eigenvalue weighted by atomic mass is 32.2. The van der Waals surface area contributed by atoms with E-state index < -0.39 is 80.9 Å². The lowest BCUT2D eigenvalue weighted by Gasteiger charge is -2.30. The minimum Gasteiger partial charge on any atom is -0.371 e. The van der Waals surface area contributed by atoms with Crippen molar-refractivity contribution in [3.8, 4) is 0 Å². The van der Waals surface area contributed by atoms with Crippen molar-refractivity contribution in [3.63, 3.8) is 0 Å². The van der Waals surface area contributed by atoms with Gasteiger partial charge in [0.2, 0.25) is 5.91 Å². The number of benzene rings is 3. The number of hydrogen-bond donors (Lipinski definition) is 1. The highest BCUT2D eigenvalue weighted by Gasteiger charge is 2.72. The molecule has 230 valence electrons. The lowest BCUT2D eigenvalue weighted by Crippen LogP contribution is -2.50. The van der Waals surface area contributed by atoms with Crippen molar-refractivity contribution in [1.29, 1.82) is 0 Å². The molecule has 0 saturated heterocycles. The van der Waals surface area contributed by atoms with Gasteiger partial charge in [0, 0.05) is 6.42 Å². The third kappa shape index (κ3) is 5.62. The van der Waals surface area contributed by atoms with E-state index in [0.717, 1.165) is 37.7 Å². The Hall–Kier alpha value is -3.51. The Morgan fingerprint density at radius 2 is 1.49 bits per heavy atom. The summed E-state index contributed by atoms with van der Waals surface area (Å²) in [6.07, 6.45) is 3.51. The van der Waals surface area contributed by atoms with Gasteiger partial charge in [0.1, 0.15) is 12.4 Å². The summed E-state index contributed by atoms with van der Waals surface area (Å²) < 4.78 is 105. The first-order chi connectivity index (χ1) is 20.5. The second-order valence-electron chi connectivity index (χ2n) is 11.0. The number of nitrogens with zero attached hydrogens (tertiary/aromatic N) is 1. The third-order valence-electron chi connectivity index (χ3n) is 8.41. The van der Waals surface area contributed by atoms with Crippen LogP contribution in [0.2, 0.25) is 0 Å². The predicted octanol–water partition coefficient (Wildman–Crippen LogP) is 6.31. The number of alkyl halides is 1. The van der Waals surface area contributed by atoms with E-state index in [-0.39, 0.29) is 16.5 Å². The highest BCUT2D eigenvalue weighted by Crippen LogP contribution is 2.50. The van der Waals surface area contributed by atoms with Crippen molar-refractivity contribution in [2.75, 3.05) is 4.31 Å². The number of nitrogens with two attached hydrogens (primary N) is 1. The Balaban J connectivity index is 1.55. The molecule has 3 aromatic rings. The molecule has 12 heteroatoms. The van der Waals surface area contributed by atoms with Crippen LogP contribution in [0.25, 0.3) is 0 Å². The van der Waals surface area contributed by atoms with Crippen molar-refractivity contribution in [2.45, 2.75) is 75.1 Å². The van der Waals surface area contributed by atoms with Gasteiger partial charge in [-0.25, -0.2) is 30.4 Å². The summed E-state index contributed by atoms with van der Waals surface area (Å²) >= 11 is 0. The summed E-state index contributed by atoms with van der Waals surface area (Å²) in [5, 5.41) is 0. The lowest BCUT2D eigenvalue weighted by atomic mass is 9.84. The van der Waals surface area contributed by atoms with Crippen molar-refractivity contribution in [2.24, 2.45) is 5.73 Å². The maximum absolute atomic E-state index is 15.4. The summed E-state index contributed by atoms with van der Waals surface area (Å²) in [6.45, 7) is -2.77. The summed E-state index contributed by atoms with van der Waals surface area (Å²) in [5.41, 5.74) is 4.31. The van der Waals surface area contributed by atoms with Gasteiger partial charge in [0.15, 0.2) is 28.0 Å². The van der Waals surface area contributed by atoms with E-state index in [1.165, 1.54) is 0 Å². The molecule has 3 aromatic carbocycles. The Kier molecular flexibility index (Phi) is 8.80. The number of carbonyl (C=O) groups is 1. The van der Waals surface area contributed by atoms with Crippen molar-refractivity contribution in [1.82, 2.24) is 0 Å². The maximum Gasteiger partial charge on any atom is 0.253 e. The molecule has 2 aliphatic rings. The SMILES string of the molecule is NC(=O)C1(S(=O)(=O)N(Cc2ccc(C3CCCCC3)cc2)c2c(F)c(F)c(CF)c(F)c2F)CC1OCc1ccccc1. The first-order valence-electron chi connectivity index (χ1n) is 14.0. The Labute approximate surface area is 246 Å². The molecule has 0 heterocycles. The molecule has 0 spiro atoms. The fraction of sp³-hybridized carbons (Fsp3) is 0.387. The van der Waals surface area contributed by atoms with Gasteiger partial charge in [0.05, 0.1) is 24.8 Å². The molecular formula is C31H31F5N2O4S. The van der Waals surface area contributed by atoms with E-state index in [2.05, 4.69) is 0 Å². The van der Waals surface area contributed by atoms with Crippen LogP contribution in [0, 0.1) is 23.3 Å². The van der Waals surface area contributed by atoms with Crippen LogP contribution < -0.4 is 10.0 Å². The van der Waals surface area contributed by atoms with Gasteiger partial charge >= 0.3 is 0 Å². The van der Waals surface area contributed by atoms with Gasteiger partial charge < -0.3 is 10.5 Å². The normalized spacial score (nSPS) is 20.6. The summed E-state index contributed by atoms with van der Waals surface area (Å²) in [5.74, 6) is -9.44. The molecule has 2 fully saturated rings. The van der Waals surface area contributed by atoms with Crippen LogP contribution in [0.1, 0.15) is 66.7 Å². The number of sulfonamides is 1. The Morgan fingerprint density at radius 3 is 2.05 bits per heavy atom. The zero-order valence-corrected chi connectivity index (χ0v) is 24.0. The molecule has 2 saturated carbocycles. The van der Waals surface area contributed by atoms with Crippen LogP contribution in [0.4, 0.5) is 27.6 Å². The van der Waals surface area contributed by atoms with Crippen LogP contribution in [0.5, 0.6) is 0 Å². The summed E-state index contributed by atoms with van der Waals surface area (Å²) in [4.78, 5) is 12.7. The van der Waals surface area contributed by atoms with Crippen LogP contribution in [-0.2, 0) is 39.4 Å². The van der Waals surface area contributed by atoms with E-state index in [9.17, 15) is 26.4 Å². The zero-order chi connectivity index (χ0) is 30.9. The number of anilines is 1. The second-order valence-corrected chi connectivity index (χ2v) is 13.2. The van der Waals surface area contributed by atoms with Gasteiger partial charge in [0.25, 0.3) is 10.0 Å². The molecular weight excluding hydrogens is 591 g/mol. The molecule has 1 amide bonds. The number of rotatable bonds is 11. The number of amides is 1. The van der Waals surface area contributed by atoms with Gasteiger partial charge in [-0.3, -0.25) is 9.10 Å². The third-order valence-corrected chi connectivity index (χ3v) is 10.9. The predicted molar refractivity (Wildman–Crippen MR) is 150 cm³/mol. The van der Waals surface area contributed by atoms with E-state index >= 15 is 8.78 Å². The van der Waals surface area contributed by atoms with E-state index in [1.54, 1.807) is 54.6 Å². The topological polar surface area (TPSA) is 89.7 Å². The van der Waals surface area contributed by atoms with Crippen molar-refractivity contribution < 1.29 is 39.9 Å². The lowest BCUT2D eigenvalue weighted by molar-refractivity contribution is -0.119. The van der Waals surface area contributed by atoms with Gasteiger partial charge in [-0.1, -0.05) is 73.9 Å². The molecule has 0 radical (unpaired) electrons. The van der Waals surface area contributed by atoms with Crippen LogP contribution in [-0.4, -0.2) is 25.2 Å². The van der Waals surface area contributed by atoms with E-state index in [0.29, 0.717) is 11.5 Å². The van der Waals surface area contributed by atoms with E-state index in [1.807, 2.05) is 0 Å². The van der Waals surface area contributed by atoms with Crippen LogP contribution in [0.3, 0.4) is 0 Å². The minimum atomic E-state index is -5.20. The van der Waals surface area contributed by atoms with Crippen molar-refractivity contribution in [3.05, 3.63) is 100 Å². The largest absolute Gasteiger partial charge is 0.371 e. The van der Waals surface area contributed by atoms with E-state index in [4.69, 9.17) is 10.5 Å². The van der Waals surface area contributed by atoms with Gasteiger partial charge in [-0.05, 0) is 35.4 Å². The molecule has 43 heavy (non-hydrogen) atoms. The molecule has 2 aliphatic carbocycles. The van der Waals surface area contributed by atoms with Crippen molar-refractivity contribution >= 4 is 21.6 Å². The molecule has 0 aliphatic heterocycles. The Bertz CT molecular complexity index is 1570. The van der Waals surface area contributed by atoms with Crippen LogP contribution >= 0.6 is 0 Å². The molecule has 2 atom stereocenters. The molecule has 0 bridgehead atoms. The quantitative estimate of drug-likeness (QED) is 0.201. The molecule has 2 N–H and O–H groups in total. The number of hydrogen-bond acceptors (Lipinski definition) is 4.